The van der Waals surface area contributed by atoms with Gasteiger partial charge in [-0.15, -0.1) is 0 Å². The number of aliphatic carboxylic acids is 1. The predicted octanol–water partition coefficient (Wildman–Crippen LogP) is 5.60. The fourth-order valence-corrected chi connectivity index (χ4v) is 2.83. The van der Waals surface area contributed by atoms with Gasteiger partial charge < -0.3 is 5.11 Å². The summed E-state index contributed by atoms with van der Waals surface area (Å²) in [5.41, 5.74) is -10.3. The summed E-state index contributed by atoms with van der Waals surface area (Å²) in [7, 11) is 0. The number of alkyl halides is 6. The molecule has 0 amide bonds. The van der Waals surface area contributed by atoms with E-state index < -0.39 is 50.3 Å². The quantitative estimate of drug-likeness (QED) is 0.543. The topological polar surface area (TPSA) is 37.3 Å². The summed E-state index contributed by atoms with van der Waals surface area (Å²) in [5, 5.41) is 8.97. The first-order valence-corrected chi connectivity index (χ1v) is 7.15. The number of carboxylic acids is 1. The molecule has 0 aliphatic carbocycles. The Kier molecular flexibility index (Phi) is 6.10. The van der Waals surface area contributed by atoms with Gasteiger partial charge in [-0.2, -0.15) is 26.3 Å². The molecule has 0 fully saturated rings. The maximum atomic E-state index is 12.5. The molecule has 0 spiro atoms. The first kappa shape index (κ1) is 19.0. The molecule has 0 saturated heterocycles. The van der Waals surface area contributed by atoms with Crippen LogP contribution in [-0.4, -0.2) is 22.1 Å². The fourth-order valence-electron chi connectivity index (χ4n) is 1.26. The Labute approximate surface area is 133 Å². The molecule has 1 aromatic carbocycles. The van der Waals surface area contributed by atoms with Crippen molar-refractivity contribution in [1.29, 1.82) is 0 Å². The Morgan fingerprint density at radius 2 is 1.41 bits per heavy atom. The number of rotatable bonds is 4. The molecule has 0 unspecified atom stereocenters. The predicted molar refractivity (Wildman–Crippen MR) is 73.3 cm³/mol. The van der Waals surface area contributed by atoms with Gasteiger partial charge in [0.2, 0.25) is 0 Å². The van der Waals surface area contributed by atoms with Gasteiger partial charge >= 0.3 is 17.0 Å². The van der Waals surface area contributed by atoms with E-state index in [0.29, 0.717) is 0 Å². The third-order valence-corrected chi connectivity index (χ3v) is 4.01. The monoisotopic (exact) mass is 382 g/mol. The Balaban J connectivity index is 3.46. The van der Waals surface area contributed by atoms with Gasteiger partial charge in [0.05, 0.1) is 0 Å². The van der Waals surface area contributed by atoms with Crippen molar-refractivity contribution in [2.24, 2.45) is 0 Å². The number of halogens is 7. The van der Waals surface area contributed by atoms with Gasteiger partial charge in [0.15, 0.2) is 0 Å². The van der Waals surface area contributed by atoms with Crippen LogP contribution in [0.5, 0.6) is 0 Å². The number of benzene rings is 1. The zero-order chi connectivity index (χ0) is 17.1. The number of carbonyl (C=O) groups is 1. The summed E-state index contributed by atoms with van der Waals surface area (Å²) in [5.74, 6) is -2.11. The van der Waals surface area contributed by atoms with Crippen molar-refractivity contribution < 1.29 is 36.2 Å². The van der Waals surface area contributed by atoms with Gasteiger partial charge in [-0.1, -0.05) is 23.7 Å². The Morgan fingerprint density at radius 3 is 1.77 bits per heavy atom. The van der Waals surface area contributed by atoms with Gasteiger partial charge in [0.1, 0.15) is 4.91 Å². The Morgan fingerprint density at radius 1 is 0.955 bits per heavy atom. The van der Waals surface area contributed by atoms with Crippen molar-refractivity contribution in [2.45, 2.75) is 11.0 Å². The second-order valence-corrected chi connectivity index (χ2v) is 6.15. The molecule has 0 saturated carbocycles. The van der Waals surface area contributed by atoms with Gasteiger partial charge in [-0.25, -0.2) is 4.79 Å². The summed E-state index contributed by atoms with van der Waals surface area (Å²) in [6, 6.07) is 4.31. The molecule has 11 heteroatoms. The zero-order valence-electron chi connectivity index (χ0n) is 10.1. The first-order valence-electron chi connectivity index (χ1n) is 5.14. The maximum absolute atomic E-state index is 12.5. The van der Waals surface area contributed by atoms with Gasteiger partial charge in [-0.05, 0) is 41.2 Å². The van der Waals surface area contributed by atoms with Crippen LogP contribution in [0.25, 0.3) is 4.91 Å². The largest absolute Gasteiger partial charge is 0.477 e. The van der Waals surface area contributed by atoms with Crippen LogP contribution in [0.4, 0.5) is 26.3 Å². The first-order chi connectivity index (χ1) is 9.89. The van der Waals surface area contributed by atoms with Crippen LogP contribution in [0.2, 0.25) is 5.02 Å². The number of thioether (sulfide) groups is 2. The molecule has 0 radical (unpaired) electrons. The number of hydrogen-bond acceptors (Lipinski definition) is 3. The standard InChI is InChI=1S/C11H5ClF6O2S2/c12-6-3-1-5(2-4-6)7(21-10(13,14)15)8(9(19)20)22-11(16,17)18/h1-4H,(H,19,20)/b8-7-. The van der Waals surface area contributed by atoms with Crippen molar-refractivity contribution >= 4 is 46.0 Å². The summed E-state index contributed by atoms with van der Waals surface area (Å²) in [6.45, 7) is 0. The van der Waals surface area contributed by atoms with Crippen molar-refractivity contribution in [2.75, 3.05) is 0 Å². The molecule has 0 heterocycles. The van der Waals surface area contributed by atoms with Crippen LogP contribution in [0.3, 0.4) is 0 Å². The molecule has 0 atom stereocenters. The highest BCUT2D eigenvalue weighted by Crippen LogP contribution is 2.48. The van der Waals surface area contributed by atoms with E-state index in [1.165, 1.54) is 0 Å². The van der Waals surface area contributed by atoms with Crippen LogP contribution >= 0.6 is 35.1 Å². The Bertz CT molecular complexity index is 580. The van der Waals surface area contributed by atoms with Gasteiger partial charge in [0.25, 0.3) is 0 Å². The molecule has 2 nitrogen and oxygen atoms in total. The summed E-state index contributed by atoms with van der Waals surface area (Å²) >= 11 is 3.51. The maximum Gasteiger partial charge on any atom is 0.446 e. The average molecular weight is 383 g/mol. The fraction of sp³-hybridized carbons (Fsp3) is 0.182. The summed E-state index contributed by atoms with van der Waals surface area (Å²) < 4.78 is 74.8. The lowest BCUT2D eigenvalue weighted by Gasteiger charge is -2.15. The van der Waals surface area contributed by atoms with E-state index in [1.807, 2.05) is 0 Å². The second kappa shape index (κ2) is 7.05. The zero-order valence-corrected chi connectivity index (χ0v) is 12.5. The molecule has 1 aromatic rings. The Hall–Kier alpha value is -1.00. The minimum absolute atomic E-state index is 0.139. The lowest BCUT2D eigenvalue weighted by molar-refractivity contribution is -0.131. The molecule has 1 rings (SSSR count). The van der Waals surface area contributed by atoms with Crippen LogP contribution in [0.1, 0.15) is 5.56 Å². The highest BCUT2D eigenvalue weighted by atomic mass is 35.5. The molecular weight excluding hydrogens is 378 g/mol. The number of hydrogen-bond donors (Lipinski definition) is 1. The summed E-state index contributed by atoms with van der Waals surface area (Å²) in [4.78, 5) is 8.44. The molecule has 122 valence electrons. The molecule has 1 N–H and O–H groups in total. The van der Waals surface area contributed by atoms with Crippen LogP contribution < -0.4 is 0 Å². The number of carboxylic acid groups (broad SMARTS) is 1. The van der Waals surface area contributed by atoms with Gasteiger partial charge in [0, 0.05) is 9.93 Å². The van der Waals surface area contributed by atoms with E-state index in [9.17, 15) is 31.1 Å². The normalized spacial score (nSPS) is 13.8. The molecule has 0 aromatic heterocycles. The minimum atomic E-state index is -5.04. The van der Waals surface area contributed by atoms with Crippen molar-refractivity contribution in [1.82, 2.24) is 0 Å². The van der Waals surface area contributed by atoms with Crippen molar-refractivity contribution in [3.05, 3.63) is 39.8 Å². The second-order valence-electron chi connectivity index (χ2n) is 3.57. The third kappa shape index (κ3) is 6.41. The molecule has 0 bridgehead atoms. The highest BCUT2D eigenvalue weighted by molar-refractivity contribution is 8.12. The molecule has 0 aliphatic heterocycles. The van der Waals surface area contributed by atoms with Crippen LogP contribution in [0.15, 0.2) is 29.2 Å². The van der Waals surface area contributed by atoms with Crippen molar-refractivity contribution in [3.63, 3.8) is 0 Å². The lowest BCUT2D eigenvalue weighted by atomic mass is 10.2. The minimum Gasteiger partial charge on any atom is -0.477 e. The van der Waals surface area contributed by atoms with Gasteiger partial charge in [-0.3, -0.25) is 0 Å². The van der Waals surface area contributed by atoms with E-state index >= 15 is 0 Å². The van der Waals surface area contributed by atoms with E-state index in [1.54, 1.807) is 0 Å². The van der Waals surface area contributed by atoms with Crippen molar-refractivity contribution in [3.8, 4) is 0 Å². The van der Waals surface area contributed by atoms with Crippen LogP contribution in [0, 0.1) is 0 Å². The van der Waals surface area contributed by atoms with E-state index in [2.05, 4.69) is 0 Å². The van der Waals surface area contributed by atoms with E-state index in [4.69, 9.17) is 16.7 Å². The van der Waals surface area contributed by atoms with Crippen LogP contribution in [-0.2, 0) is 4.79 Å². The third-order valence-electron chi connectivity index (χ3n) is 1.94. The average Bonchev–Trinajstić information content (AvgIpc) is 2.32. The lowest BCUT2D eigenvalue weighted by Crippen LogP contribution is -2.10. The summed E-state index contributed by atoms with van der Waals surface area (Å²) in [6.07, 6.45) is 0. The smallest absolute Gasteiger partial charge is 0.446 e. The highest BCUT2D eigenvalue weighted by Gasteiger charge is 2.39. The molecule has 22 heavy (non-hydrogen) atoms. The van der Waals surface area contributed by atoms with E-state index in [0.717, 1.165) is 24.3 Å². The molecule has 0 aliphatic rings. The molecular formula is C11H5ClF6O2S2. The van der Waals surface area contributed by atoms with E-state index in [-0.39, 0.29) is 10.6 Å². The SMILES string of the molecule is O=C(O)/C(SC(F)(F)F)=C(/SC(F)(F)F)c1ccc(Cl)cc1.